The van der Waals surface area contributed by atoms with Crippen molar-refractivity contribution in [2.24, 2.45) is 5.73 Å². The number of carbonyl (C=O) groups excluding carboxylic acids is 1. The van der Waals surface area contributed by atoms with Crippen LogP contribution in [0.1, 0.15) is 11.6 Å². The first kappa shape index (κ1) is 10.7. The molecule has 1 aromatic carbocycles. The summed E-state index contributed by atoms with van der Waals surface area (Å²) < 4.78 is 39.5. The molecule has 0 spiro atoms. The van der Waals surface area contributed by atoms with Gasteiger partial charge in [0.25, 0.3) is 0 Å². The fourth-order valence-electron chi connectivity index (χ4n) is 1.46. The van der Waals surface area contributed by atoms with Gasteiger partial charge in [0.05, 0.1) is 0 Å². The highest BCUT2D eigenvalue weighted by molar-refractivity contribution is 6.02. The van der Waals surface area contributed by atoms with E-state index in [4.69, 9.17) is 5.73 Å². The normalized spacial score (nSPS) is 19.2. The van der Waals surface area contributed by atoms with Crippen LogP contribution in [0.5, 0.6) is 5.75 Å². The summed E-state index contributed by atoms with van der Waals surface area (Å²) in [4.78, 5) is 11.1. The first-order valence-electron chi connectivity index (χ1n) is 4.33. The average molecular weight is 232 g/mol. The van der Waals surface area contributed by atoms with E-state index in [1.54, 1.807) is 0 Å². The Morgan fingerprint density at radius 1 is 1.38 bits per heavy atom. The fourth-order valence-corrected chi connectivity index (χ4v) is 1.46. The molecule has 0 bridgehead atoms. The summed E-state index contributed by atoms with van der Waals surface area (Å²) in [6.45, 7) is 0. The van der Waals surface area contributed by atoms with Crippen molar-refractivity contribution >= 4 is 11.6 Å². The summed E-state index contributed by atoms with van der Waals surface area (Å²) in [6.07, 6.45) is -4.76. The third kappa shape index (κ3) is 1.94. The monoisotopic (exact) mass is 232 g/mol. The molecule has 1 aliphatic rings. The predicted molar refractivity (Wildman–Crippen MR) is 48.7 cm³/mol. The van der Waals surface area contributed by atoms with Crippen LogP contribution in [0.2, 0.25) is 0 Å². The summed E-state index contributed by atoms with van der Waals surface area (Å²) in [5, 5.41) is 2.44. The van der Waals surface area contributed by atoms with Crippen LogP contribution in [-0.4, -0.2) is 12.3 Å². The van der Waals surface area contributed by atoms with Crippen molar-refractivity contribution < 1.29 is 22.7 Å². The molecule has 0 saturated heterocycles. The molecule has 0 radical (unpaired) electrons. The molecule has 1 atom stereocenters. The summed E-state index contributed by atoms with van der Waals surface area (Å²) in [7, 11) is 0. The Kier molecular flexibility index (Phi) is 2.27. The second-order valence-corrected chi connectivity index (χ2v) is 3.26. The minimum absolute atomic E-state index is 0.298. The van der Waals surface area contributed by atoms with Crippen molar-refractivity contribution in [3.8, 4) is 5.75 Å². The number of carbonyl (C=O) groups is 1. The van der Waals surface area contributed by atoms with Crippen molar-refractivity contribution in [2.45, 2.75) is 12.4 Å². The molecule has 0 aromatic heterocycles. The van der Waals surface area contributed by atoms with E-state index in [1.165, 1.54) is 6.07 Å². The lowest BCUT2D eigenvalue weighted by Crippen LogP contribution is -2.20. The van der Waals surface area contributed by atoms with Crippen molar-refractivity contribution in [2.75, 3.05) is 5.32 Å². The Bertz CT molecular complexity index is 445. The largest absolute Gasteiger partial charge is 0.573 e. The second kappa shape index (κ2) is 3.38. The molecule has 1 aliphatic heterocycles. The quantitative estimate of drug-likeness (QED) is 0.771. The maximum atomic E-state index is 11.9. The third-order valence-electron chi connectivity index (χ3n) is 2.13. The number of nitrogens with one attached hydrogen (secondary N) is 1. The Balaban J connectivity index is 2.31. The Hall–Kier alpha value is -1.76. The number of rotatable bonds is 1. The van der Waals surface area contributed by atoms with E-state index in [1.807, 2.05) is 0 Å². The summed E-state index contributed by atoms with van der Waals surface area (Å²) in [5.41, 5.74) is 6.18. The fraction of sp³-hybridized carbons (Fsp3) is 0.222. The zero-order valence-corrected chi connectivity index (χ0v) is 7.84. The van der Waals surface area contributed by atoms with E-state index in [2.05, 4.69) is 10.1 Å². The standard InChI is InChI=1S/C9H7F3N2O2/c10-9(11,12)16-4-1-2-6-5(3-4)7(13)8(15)14-6/h1-3,7H,13H2,(H,14,15)/t7-/m1/s1. The van der Waals surface area contributed by atoms with Crippen molar-refractivity contribution in [3.05, 3.63) is 23.8 Å². The van der Waals surface area contributed by atoms with Crippen LogP contribution < -0.4 is 15.8 Å². The van der Waals surface area contributed by atoms with E-state index < -0.39 is 24.1 Å². The Morgan fingerprint density at radius 3 is 2.69 bits per heavy atom. The molecule has 16 heavy (non-hydrogen) atoms. The van der Waals surface area contributed by atoms with Crippen LogP contribution >= 0.6 is 0 Å². The molecule has 0 unspecified atom stereocenters. The number of benzene rings is 1. The Morgan fingerprint density at radius 2 is 2.06 bits per heavy atom. The summed E-state index contributed by atoms with van der Waals surface area (Å²) >= 11 is 0. The lowest BCUT2D eigenvalue weighted by atomic mass is 10.1. The van der Waals surface area contributed by atoms with Gasteiger partial charge in [-0.15, -0.1) is 13.2 Å². The maximum absolute atomic E-state index is 11.9. The minimum Gasteiger partial charge on any atom is -0.406 e. The van der Waals surface area contributed by atoms with Gasteiger partial charge >= 0.3 is 6.36 Å². The number of nitrogens with two attached hydrogens (primary N) is 1. The third-order valence-corrected chi connectivity index (χ3v) is 2.13. The van der Waals surface area contributed by atoms with Gasteiger partial charge < -0.3 is 15.8 Å². The SMILES string of the molecule is N[C@H]1C(=O)Nc2ccc(OC(F)(F)F)cc21. The number of fused-ring (bicyclic) bond motifs is 1. The number of alkyl halides is 3. The molecule has 1 aromatic rings. The van der Waals surface area contributed by atoms with Gasteiger partial charge in [0.15, 0.2) is 0 Å². The molecule has 0 aliphatic carbocycles. The number of halogens is 3. The molecule has 7 heteroatoms. The van der Waals surface area contributed by atoms with Gasteiger partial charge in [-0.1, -0.05) is 0 Å². The highest BCUT2D eigenvalue weighted by atomic mass is 19.4. The van der Waals surface area contributed by atoms with Crippen molar-refractivity contribution in [3.63, 3.8) is 0 Å². The molecule has 86 valence electrons. The number of hydrogen-bond acceptors (Lipinski definition) is 3. The molecule has 1 heterocycles. The summed E-state index contributed by atoms with van der Waals surface area (Å²) in [6, 6.07) is 2.59. The van der Waals surface area contributed by atoms with Gasteiger partial charge in [0, 0.05) is 11.3 Å². The minimum atomic E-state index is -4.76. The van der Waals surface area contributed by atoms with Gasteiger partial charge in [-0.25, -0.2) is 0 Å². The van der Waals surface area contributed by atoms with Gasteiger partial charge in [-0.05, 0) is 18.2 Å². The molecular weight excluding hydrogens is 225 g/mol. The molecule has 0 saturated carbocycles. The smallest absolute Gasteiger partial charge is 0.406 e. The lowest BCUT2D eigenvalue weighted by molar-refractivity contribution is -0.274. The van der Waals surface area contributed by atoms with Crippen LogP contribution in [0.3, 0.4) is 0 Å². The molecule has 0 fully saturated rings. The van der Waals surface area contributed by atoms with Crippen LogP contribution in [0.4, 0.5) is 18.9 Å². The van der Waals surface area contributed by atoms with Crippen molar-refractivity contribution in [1.82, 2.24) is 0 Å². The number of ether oxygens (including phenoxy) is 1. The number of hydrogen-bond donors (Lipinski definition) is 2. The Labute approximate surface area is 88.2 Å². The highest BCUT2D eigenvalue weighted by Crippen LogP contribution is 2.33. The van der Waals surface area contributed by atoms with E-state index in [0.29, 0.717) is 11.3 Å². The van der Waals surface area contributed by atoms with Crippen molar-refractivity contribution in [1.29, 1.82) is 0 Å². The van der Waals surface area contributed by atoms with E-state index >= 15 is 0 Å². The highest BCUT2D eigenvalue weighted by Gasteiger charge is 2.33. The lowest BCUT2D eigenvalue weighted by Gasteiger charge is -2.10. The van der Waals surface area contributed by atoms with E-state index in [9.17, 15) is 18.0 Å². The molecule has 3 N–H and O–H groups in total. The maximum Gasteiger partial charge on any atom is 0.573 e. The van der Waals surface area contributed by atoms with Crippen LogP contribution in [-0.2, 0) is 4.79 Å². The first-order valence-corrected chi connectivity index (χ1v) is 4.33. The number of anilines is 1. The molecule has 2 rings (SSSR count). The molecule has 1 amide bonds. The molecular formula is C9H7F3N2O2. The molecule has 4 nitrogen and oxygen atoms in total. The van der Waals surface area contributed by atoms with Gasteiger partial charge in [0.2, 0.25) is 5.91 Å². The van der Waals surface area contributed by atoms with Crippen LogP contribution in [0.25, 0.3) is 0 Å². The summed E-state index contributed by atoms with van der Waals surface area (Å²) in [5.74, 6) is -0.836. The second-order valence-electron chi connectivity index (χ2n) is 3.26. The first-order chi connectivity index (χ1) is 7.37. The van der Waals surface area contributed by atoms with Crippen LogP contribution in [0.15, 0.2) is 18.2 Å². The zero-order chi connectivity index (χ0) is 11.9. The van der Waals surface area contributed by atoms with Gasteiger partial charge in [-0.3, -0.25) is 4.79 Å². The average Bonchev–Trinajstić information content (AvgIpc) is 2.42. The van der Waals surface area contributed by atoms with Gasteiger partial charge in [0.1, 0.15) is 11.8 Å². The van der Waals surface area contributed by atoms with Crippen LogP contribution in [0, 0.1) is 0 Å². The van der Waals surface area contributed by atoms with E-state index in [0.717, 1.165) is 12.1 Å². The zero-order valence-electron chi connectivity index (χ0n) is 7.84. The van der Waals surface area contributed by atoms with Gasteiger partial charge in [-0.2, -0.15) is 0 Å². The topological polar surface area (TPSA) is 64.4 Å². The predicted octanol–water partition coefficient (Wildman–Crippen LogP) is 1.54. The van der Waals surface area contributed by atoms with E-state index in [-0.39, 0.29) is 0 Å². The number of amides is 1.